The van der Waals surface area contributed by atoms with Crippen molar-refractivity contribution in [1.29, 1.82) is 0 Å². The fraction of sp³-hybridized carbons (Fsp3) is 0.357. The topological polar surface area (TPSA) is 87.3 Å². The Labute approximate surface area is 116 Å². The van der Waals surface area contributed by atoms with Crippen LogP contribution >= 0.6 is 0 Å². The molecule has 3 amide bonds. The Morgan fingerprint density at radius 2 is 2.00 bits per heavy atom. The maximum absolute atomic E-state index is 11.7. The highest BCUT2D eigenvalue weighted by atomic mass is 16.2. The van der Waals surface area contributed by atoms with Gasteiger partial charge in [-0.05, 0) is 17.2 Å². The van der Waals surface area contributed by atoms with Crippen LogP contribution in [0.3, 0.4) is 0 Å². The van der Waals surface area contributed by atoms with Crippen LogP contribution in [0, 0.1) is 0 Å². The largest absolute Gasteiger partial charge is 0.355 e. The first kappa shape index (κ1) is 14.0. The van der Waals surface area contributed by atoms with E-state index in [9.17, 15) is 14.4 Å². The number of amides is 3. The molecular formula is C14H17N3O3. The Morgan fingerprint density at radius 3 is 2.75 bits per heavy atom. The second-order valence-corrected chi connectivity index (χ2v) is 4.73. The molecule has 0 aromatic heterocycles. The summed E-state index contributed by atoms with van der Waals surface area (Å²) in [5.41, 5.74) is 2.63. The summed E-state index contributed by atoms with van der Waals surface area (Å²) in [6.07, 6.45) is 0.634. The average Bonchev–Trinajstić information content (AvgIpc) is 2.74. The third-order valence-corrected chi connectivity index (χ3v) is 2.98. The van der Waals surface area contributed by atoms with E-state index in [-0.39, 0.29) is 24.1 Å². The van der Waals surface area contributed by atoms with Crippen molar-refractivity contribution in [3.63, 3.8) is 0 Å². The predicted octanol–water partition coefficient (Wildman–Crippen LogP) is -0.0240. The fourth-order valence-electron chi connectivity index (χ4n) is 2.08. The fourth-order valence-corrected chi connectivity index (χ4v) is 2.08. The standard InChI is InChI=1S/C14H17N3O3/c1-9(18)15-4-5-16-13(19)7-10-2-3-12-11(6-10)8-14(20)17-12/h2-3,6H,4-5,7-8H2,1H3,(H,15,18)(H,16,19)(H,17,20). The van der Waals surface area contributed by atoms with Crippen LogP contribution < -0.4 is 16.0 Å². The molecule has 0 saturated heterocycles. The molecule has 0 bridgehead atoms. The molecule has 106 valence electrons. The number of benzene rings is 1. The van der Waals surface area contributed by atoms with Crippen LogP contribution in [0.5, 0.6) is 0 Å². The van der Waals surface area contributed by atoms with Crippen LogP contribution in [0.1, 0.15) is 18.1 Å². The smallest absolute Gasteiger partial charge is 0.228 e. The van der Waals surface area contributed by atoms with Gasteiger partial charge in [-0.1, -0.05) is 12.1 Å². The minimum absolute atomic E-state index is 0.0168. The Balaban J connectivity index is 1.81. The summed E-state index contributed by atoms with van der Waals surface area (Å²) in [4.78, 5) is 33.6. The van der Waals surface area contributed by atoms with Gasteiger partial charge in [-0.25, -0.2) is 0 Å². The first-order valence-corrected chi connectivity index (χ1v) is 6.47. The van der Waals surface area contributed by atoms with E-state index in [0.717, 1.165) is 16.8 Å². The number of nitrogens with one attached hydrogen (secondary N) is 3. The second-order valence-electron chi connectivity index (χ2n) is 4.73. The molecule has 1 aromatic carbocycles. The minimum Gasteiger partial charge on any atom is -0.355 e. The van der Waals surface area contributed by atoms with Gasteiger partial charge in [-0.3, -0.25) is 14.4 Å². The van der Waals surface area contributed by atoms with E-state index in [2.05, 4.69) is 16.0 Å². The Morgan fingerprint density at radius 1 is 1.25 bits per heavy atom. The normalized spacial score (nSPS) is 12.6. The van der Waals surface area contributed by atoms with Crippen molar-refractivity contribution >= 4 is 23.4 Å². The average molecular weight is 275 g/mol. The van der Waals surface area contributed by atoms with Crippen LogP contribution in [0.4, 0.5) is 5.69 Å². The molecule has 1 aliphatic rings. The number of hydrogen-bond acceptors (Lipinski definition) is 3. The van der Waals surface area contributed by atoms with Gasteiger partial charge in [0.05, 0.1) is 12.8 Å². The lowest BCUT2D eigenvalue weighted by atomic mass is 10.1. The minimum atomic E-state index is -0.116. The highest BCUT2D eigenvalue weighted by molar-refractivity contribution is 5.99. The SMILES string of the molecule is CC(=O)NCCNC(=O)Cc1ccc2c(c1)CC(=O)N2. The summed E-state index contributed by atoms with van der Waals surface area (Å²) in [7, 11) is 0. The maximum atomic E-state index is 11.7. The summed E-state index contributed by atoms with van der Waals surface area (Å²) in [5.74, 6) is -0.237. The van der Waals surface area contributed by atoms with Crippen LogP contribution in [0.2, 0.25) is 0 Å². The second kappa shape index (κ2) is 6.18. The van der Waals surface area contributed by atoms with E-state index >= 15 is 0 Å². The molecular weight excluding hydrogens is 258 g/mol. The van der Waals surface area contributed by atoms with Crippen molar-refractivity contribution in [3.05, 3.63) is 29.3 Å². The third-order valence-electron chi connectivity index (χ3n) is 2.98. The molecule has 1 heterocycles. The number of fused-ring (bicyclic) bond motifs is 1. The van der Waals surface area contributed by atoms with Gasteiger partial charge in [0.25, 0.3) is 0 Å². The number of carbonyl (C=O) groups excluding carboxylic acids is 3. The van der Waals surface area contributed by atoms with Gasteiger partial charge in [0.15, 0.2) is 0 Å². The van der Waals surface area contributed by atoms with Crippen molar-refractivity contribution in [2.24, 2.45) is 0 Å². The van der Waals surface area contributed by atoms with Crippen LogP contribution in [-0.2, 0) is 27.2 Å². The van der Waals surface area contributed by atoms with E-state index in [0.29, 0.717) is 19.5 Å². The molecule has 6 nitrogen and oxygen atoms in total. The first-order valence-electron chi connectivity index (χ1n) is 6.47. The molecule has 3 N–H and O–H groups in total. The van der Waals surface area contributed by atoms with Gasteiger partial charge >= 0.3 is 0 Å². The van der Waals surface area contributed by atoms with Crippen LogP contribution in [0.25, 0.3) is 0 Å². The maximum Gasteiger partial charge on any atom is 0.228 e. The molecule has 2 rings (SSSR count). The van der Waals surface area contributed by atoms with E-state index in [1.807, 2.05) is 18.2 Å². The lowest BCUT2D eigenvalue weighted by Crippen LogP contribution is -2.34. The Kier molecular flexibility index (Phi) is 4.34. The van der Waals surface area contributed by atoms with Crippen LogP contribution in [-0.4, -0.2) is 30.8 Å². The molecule has 0 atom stereocenters. The molecule has 0 spiro atoms. The summed E-state index contributed by atoms with van der Waals surface area (Å²) >= 11 is 0. The summed E-state index contributed by atoms with van der Waals surface area (Å²) in [5, 5.41) is 8.08. The Bertz CT molecular complexity index is 555. The van der Waals surface area contributed by atoms with Crippen molar-refractivity contribution < 1.29 is 14.4 Å². The molecule has 20 heavy (non-hydrogen) atoms. The van der Waals surface area contributed by atoms with Crippen molar-refractivity contribution in [2.75, 3.05) is 18.4 Å². The number of hydrogen-bond donors (Lipinski definition) is 3. The van der Waals surface area contributed by atoms with Crippen molar-refractivity contribution in [3.8, 4) is 0 Å². The zero-order valence-electron chi connectivity index (χ0n) is 11.3. The zero-order chi connectivity index (χ0) is 14.5. The first-order chi connectivity index (χ1) is 9.54. The summed E-state index contributed by atoms with van der Waals surface area (Å²) in [6, 6.07) is 5.53. The number of rotatable bonds is 5. The zero-order valence-corrected chi connectivity index (χ0v) is 11.3. The van der Waals surface area contributed by atoms with Crippen molar-refractivity contribution in [2.45, 2.75) is 19.8 Å². The highest BCUT2D eigenvalue weighted by Crippen LogP contribution is 2.23. The molecule has 0 saturated carbocycles. The molecule has 1 aromatic rings. The summed E-state index contributed by atoms with van der Waals surface area (Å²) in [6.45, 7) is 2.26. The quantitative estimate of drug-likeness (QED) is 0.660. The highest BCUT2D eigenvalue weighted by Gasteiger charge is 2.17. The van der Waals surface area contributed by atoms with Gasteiger partial charge < -0.3 is 16.0 Å². The molecule has 0 aliphatic carbocycles. The lowest BCUT2D eigenvalue weighted by molar-refractivity contribution is -0.121. The van der Waals surface area contributed by atoms with E-state index in [4.69, 9.17) is 0 Å². The molecule has 6 heteroatoms. The van der Waals surface area contributed by atoms with Gasteiger partial charge in [0, 0.05) is 25.7 Å². The predicted molar refractivity (Wildman–Crippen MR) is 74.2 cm³/mol. The lowest BCUT2D eigenvalue weighted by Gasteiger charge is -2.07. The van der Waals surface area contributed by atoms with E-state index < -0.39 is 0 Å². The molecule has 1 aliphatic heterocycles. The Hall–Kier alpha value is -2.37. The molecule has 0 radical (unpaired) electrons. The molecule has 0 unspecified atom stereocenters. The van der Waals surface area contributed by atoms with Crippen molar-refractivity contribution in [1.82, 2.24) is 10.6 Å². The van der Waals surface area contributed by atoms with Gasteiger partial charge in [-0.2, -0.15) is 0 Å². The molecule has 0 fully saturated rings. The number of carbonyl (C=O) groups is 3. The van der Waals surface area contributed by atoms with E-state index in [1.165, 1.54) is 6.92 Å². The van der Waals surface area contributed by atoms with E-state index in [1.54, 1.807) is 0 Å². The monoisotopic (exact) mass is 275 g/mol. The van der Waals surface area contributed by atoms with Crippen LogP contribution in [0.15, 0.2) is 18.2 Å². The number of anilines is 1. The van der Waals surface area contributed by atoms with Gasteiger partial charge in [-0.15, -0.1) is 0 Å². The summed E-state index contributed by atoms with van der Waals surface area (Å²) < 4.78 is 0. The van der Waals surface area contributed by atoms with Gasteiger partial charge in [0.1, 0.15) is 0 Å². The van der Waals surface area contributed by atoms with Gasteiger partial charge in [0.2, 0.25) is 17.7 Å². The third kappa shape index (κ3) is 3.81.